The highest BCUT2D eigenvalue weighted by Gasteiger charge is 2.27. The predicted molar refractivity (Wildman–Crippen MR) is 77.9 cm³/mol. The second-order valence-electron chi connectivity index (χ2n) is 4.44. The molecule has 2 heterocycles. The van der Waals surface area contributed by atoms with Gasteiger partial charge in [-0.2, -0.15) is 0 Å². The molecule has 1 aliphatic rings. The molecule has 0 spiro atoms. The molecule has 0 atom stereocenters. The summed E-state index contributed by atoms with van der Waals surface area (Å²) in [4.78, 5) is 0.905. The average molecular weight is 315 g/mol. The van der Waals surface area contributed by atoms with Crippen LogP contribution in [0.2, 0.25) is 0 Å². The van der Waals surface area contributed by atoms with E-state index >= 15 is 0 Å². The van der Waals surface area contributed by atoms with Crippen LogP contribution in [0.25, 0.3) is 0 Å². The highest BCUT2D eigenvalue weighted by Crippen LogP contribution is 2.17. The number of aliphatic hydroxyl groups is 1. The van der Waals surface area contributed by atoms with Crippen LogP contribution in [0, 0.1) is 11.8 Å². The van der Waals surface area contributed by atoms with Crippen molar-refractivity contribution in [2.45, 2.75) is 24.6 Å². The fourth-order valence-electron chi connectivity index (χ4n) is 1.96. The molecule has 1 saturated heterocycles. The van der Waals surface area contributed by atoms with Gasteiger partial charge in [0.25, 0.3) is 0 Å². The topological polar surface area (TPSA) is 75.6 Å². The van der Waals surface area contributed by atoms with Crippen LogP contribution in [-0.2, 0) is 21.3 Å². The van der Waals surface area contributed by atoms with Crippen LogP contribution in [0.15, 0.2) is 11.4 Å². The third-order valence-electron chi connectivity index (χ3n) is 3.02. The number of aliphatic hydroxyl groups excluding tert-OH is 1. The number of hydrogen-bond acceptors (Lipinski definition) is 5. The van der Waals surface area contributed by atoms with E-state index in [-0.39, 0.29) is 18.4 Å². The number of sulfonamides is 1. The molecular formula is C13H17NO4S2. The van der Waals surface area contributed by atoms with Crippen LogP contribution in [0.4, 0.5) is 0 Å². The zero-order valence-corrected chi connectivity index (χ0v) is 12.6. The predicted octanol–water partition coefficient (Wildman–Crippen LogP) is 0.690. The van der Waals surface area contributed by atoms with Gasteiger partial charge in [0, 0.05) is 35.6 Å². The summed E-state index contributed by atoms with van der Waals surface area (Å²) >= 11 is 1.45. The number of rotatable bonds is 4. The average Bonchev–Trinajstić information content (AvgIpc) is 2.92. The molecule has 0 aromatic carbocycles. The van der Waals surface area contributed by atoms with Gasteiger partial charge in [-0.15, -0.1) is 11.3 Å². The normalized spacial score (nSPS) is 16.6. The standard InChI is InChI=1S/C13H17NO4S2/c15-5-1-2-11-8-12(19-10-11)9-14-20(16,17)13-3-6-18-7-4-13/h8,10,13-15H,3-7,9H2. The molecule has 0 bridgehead atoms. The van der Waals surface area contributed by atoms with Crippen molar-refractivity contribution in [2.24, 2.45) is 0 Å². The lowest BCUT2D eigenvalue weighted by Crippen LogP contribution is -2.37. The first-order valence-corrected chi connectivity index (χ1v) is 8.78. The lowest BCUT2D eigenvalue weighted by Gasteiger charge is -2.22. The van der Waals surface area contributed by atoms with Crippen molar-refractivity contribution in [3.05, 3.63) is 21.9 Å². The van der Waals surface area contributed by atoms with Crippen molar-refractivity contribution >= 4 is 21.4 Å². The Bertz CT molecular complexity index is 591. The summed E-state index contributed by atoms with van der Waals surface area (Å²) < 4.78 is 32.0. The molecule has 20 heavy (non-hydrogen) atoms. The molecule has 1 aromatic rings. The number of hydrogen-bond donors (Lipinski definition) is 2. The quantitative estimate of drug-likeness (QED) is 0.802. The van der Waals surface area contributed by atoms with Crippen molar-refractivity contribution in [1.82, 2.24) is 4.72 Å². The Morgan fingerprint density at radius 2 is 2.20 bits per heavy atom. The maximum Gasteiger partial charge on any atom is 0.214 e. The van der Waals surface area contributed by atoms with Gasteiger partial charge in [0.1, 0.15) is 6.61 Å². The van der Waals surface area contributed by atoms with E-state index < -0.39 is 10.0 Å². The Balaban J connectivity index is 1.92. The SMILES string of the molecule is O=S(=O)(NCc1cc(C#CCO)cs1)C1CCOCC1. The zero-order chi connectivity index (χ0) is 14.4. The van der Waals surface area contributed by atoms with Crippen LogP contribution in [0.3, 0.4) is 0 Å². The third kappa shape index (κ3) is 4.30. The summed E-state index contributed by atoms with van der Waals surface area (Å²) in [6.45, 7) is 1.11. The number of thiophene rings is 1. The lowest BCUT2D eigenvalue weighted by atomic mass is 10.2. The van der Waals surface area contributed by atoms with Gasteiger partial charge in [-0.1, -0.05) is 11.8 Å². The molecule has 7 heteroatoms. The first-order valence-electron chi connectivity index (χ1n) is 6.35. The molecule has 0 saturated carbocycles. The first kappa shape index (κ1) is 15.5. The summed E-state index contributed by atoms with van der Waals surface area (Å²) in [6.07, 6.45) is 1.10. The molecule has 1 aliphatic heterocycles. The van der Waals surface area contributed by atoms with Crippen molar-refractivity contribution < 1.29 is 18.3 Å². The van der Waals surface area contributed by atoms with Gasteiger partial charge in [-0.05, 0) is 18.9 Å². The van der Waals surface area contributed by atoms with E-state index in [1.54, 1.807) is 0 Å². The van der Waals surface area contributed by atoms with Gasteiger partial charge in [0.05, 0.1) is 5.25 Å². The minimum absolute atomic E-state index is 0.179. The highest BCUT2D eigenvalue weighted by molar-refractivity contribution is 7.90. The van der Waals surface area contributed by atoms with Gasteiger partial charge in [0.15, 0.2) is 0 Å². The molecule has 5 nitrogen and oxygen atoms in total. The highest BCUT2D eigenvalue weighted by atomic mass is 32.2. The molecule has 2 N–H and O–H groups in total. The van der Waals surface area contributed by atoms with E-state index in [0.29, 0.717) is 26.1 Å². The first-order chi connectivity index (χ1) is 9.62. The smallest absolute Gasteiger partial charge is 0.214 e. The molecule has 0 aliphatic carbocycles. The maximum atomic E-state index is 12.1. The van der Waals surface area contributed by atoms with Crippen LogP contribution >= 0.6 is 11.3 Å². The van der Waals surface area contributed by atoms with Gasteiger partial charge in [-0.3, -0.25) is 0 Å². The van der Waals surface area contributed by atoms with E-state index in [2.05, 4.69) is 16.6 Å². The van der Waals surface area contributed by atoms with Crippen molar-refractivity contribution in [3.63, 3.8) is 0 Å². The number of ether oxygens (including phenoxy) is 1. The minimum atomic E-state index is -3.29. The lowest BCUT2D eigenvalue weighted by molar-refractivity contribution is 0.0981. The van der Waals surface area contributed by atoms with Crippen LogP contribution in [0.5, 0.6) is 0 Å². The molecule has 0 unspecified atom stereocenters. The number of nitrogens with one attached hydrogen (secondary N) is 1. The Morgan fingerprint density at radius 3 is 2.90 bits per heavy atom. The van der Waals surface area contributed by atoms with Gasteiger partial charge >= 0.3 is 0 Å². The van der Waals surface area contributed by atoms with Crippen molar-refractivity contribution in [2.75, 3.05) is 19.8 Å². The summed E-state index contributed by atoms with van der Waals surface area (Å²) in [5.41, 5.74) is 0.796. The maximum absolute atomic E-state index is 12.1. The summed E-state index contributed by atoms with van der Waals surface area (Å²) in [7, 11) is -3.29. The Labute approximate surface area is 123 Å². The Morgan fingerprint density at radius 1 is 1.45 bits per heavy atom. The summed E-state index contributed by atoms with van der Waals surface area (Å²) in [5, 5.41) is 10.1. The molecule has 110 valence electrons. The summed E-state index contributed by atoms with van der Waals surface area (Å²) in [6, 6.07) is 1.83. The molecular weight excluding hydrogens is 298 g/mol. The Hall–Kier alpha value is -0.910. The van der Waals surface area contributed by atoms with Crippen molar-refractivity contribution in [1.29, 1.82) is 0 Å². The third-order valence-corrected chi connectivity index (χ3v) is 5.85. The minimum Gasteiger partial charge on any atom is -0.384 e. The molecule has 2 rings (SSSR count). The largest absolute Gasteiger partial charge is 0.384 e. The molecule has 1 aromatic heterocycles. The second kappa shape index (κ2) is 7.20. The van der Waals surface area contributed by atoms with Crippen LogP contribution < -0.4 is 4.72 Å². The van der Waals surface area contributed by atoms with E-state index in [9.17, 15) is 8.42 Å². The fourth-order valence-corrected chi connectivity index (χ4v) is 4.21. The monoisotopic (exact) mass is 315 g/mol. The zero-order valence-electron chi connectivity index (χ0n) is 11.0. The second-order valence-corrected chi connectivity index (χ2v) is 7.48. The van der Waals surface area contributed by atoms with E-state index in [1.165, 1.54) is 11.3 Å². The van der Waals surface area contributed by atoms with Gasteiger partial charge < -0.3 is 9.84 Å². The van der Waals surface area contributed by atoms with Crippen LogP contribution in [-0.4, -0.2) is 38.6 Å². The van der Waals surface area contributed by atoms with E-state index in [4.69, 9.17) is 9.84 Å². The summed E-state index contributed by atoms with van der Waals surface area (Å²) in [5.74, 6) is 5.35. The molecule has 0 radical (unpaired) electrons. The van der Waals surface area contributed by atoms with Gasteiger partial charge in [-0.25, -0.2) is 13.1 Å². The van der Waals surface area contributed by atoms with Gasteiger partial charge in [0.2, 0.25) is 10.0 Å². The van der Waals surface area contributed by atoms with E-state index in [1.807, 2.05) is 11.4 Å². The molecule has 1 fully saturated rings. The van der Waals surface area contributed by atoms with Crippen molar-refractivity contribution in [3.8, 4) is 11.8 Å². The van der Waals surface area contributed by atoms with Crippen LogP contribution in [0.1, 0.15) is 23.3 Å². The molecule has 0 amide bonds. The Kier molecular flexibility index (Phi) is 5.57. The van der Waals surface area contributed by atoms with E-state index in [0.717, 1.165) is 10.4 Å². The fraction of sp³-hybridized carbons (Fsp3) is 0.538.